The molecule has 0 fully saturated rings. The molecule has 0 aliphatic heterocycles. The van der Waals surface area contributed by atoms with E-state index in [-0.39, 0.29) is 0 Å². The number of carbonyl (C=O) groups is 1. The Morgan fingerprint density at radius 2 is 2.00 bits per heavy atom. The monoisotopic (exact) mass is 334 g/mol. The van der Waals surface area contributed by atoms with E-state index in [9.17, 15) is 4.79 Å². The maximum absolute atomic E-state index is 10.9. The van der Waals surface area contributed by atoms with Gasteiger partial charge in [0.25, 0.3) is 0 Å². The van der Waals surface area contributed by atoms with Crippen LogP contribution in [0.25, 0.3) is 22.4 Å². The lowest BCUT2D eigenvalue weighted by atomic mass is 10.1. The Kier molecular flexibility index (Phi) is 4.05. The van der Waals surface area contributed by atoms with Gasteiger partial charge in [-0.3, -0.25) is 4.79 Å². The number of hydrogen-bond acceptors (Lipinski definition) is 3. The molecular formula is C16H12Cl2N2O2. The number of benzene rings is 2. The van der Waals surface area contributed by atoms with Crippen LogP contribution in [0.15, 0.2) is 30.3 Å². The Morgan fingerprint density at radius 1 is 1.23 bits per heavy atom. The van der Waals surface area contributed by atoms with E-state index in [4.69, 9.17) is 27.9 Å². The molecule has 1 heterocycles. The van der Waals surface area contributed by atoms with Gasteiger partial charge in [-0.15, -0.1) is 0 Å². The van der Waals surface area contributed by atoms with Crippen LogP contribution in [0.3, 0.4) is 0 Å². The van der Waals surface area contributed by atoms with Gasteiger partial charge in [-0.05, 0) is 31.2 Å². The zero-order chi connectivity index (χ0) is 15.7. The van der Waals surface area contributed by atoms with Gasteiger partial charge < -0.3 is 9.72 Å². The van der Waals surface area contributed by atoms with Crippen molar-refractivity contribution in [3.8, 4) is 17.1 Å². The summed E-state index contributed by atoms with van der Waals surface area (Å²) in [6.45, 7) is 2.38. The SMILES string of the molecule is CCOc1cc(C=O)ccc1-c1nc2cc(Cl)c(Cl)cc2[nH]1. The normalized spacial score (nSPS) is 10.9. The molecule has 3 aromatic rings. The van der Waals surface area contributed by atoms with E-state index >= 15 is 0 Å². The van der Waals surface area contributed by atoms with Gasteiger partial charge in [0, 0.05) is 5.56 Å². The number of carbonyl (C=O) groups excluding carboxylic acids is 1. The van der Waals surface area contributed by atoms with Crippen molar-refractivity contribution in [2.45, 2.75) is 6.92 Å². The van der Waals surface area contributed by atoms with Crippen molar-refractivity contribution in [1.29, 1.82) is 0 Å². The third-order valence-electron chi connectivity index (χ3n) is 3.22. The van der Waals surface area contributed by atoms with Crippen molar-refractivity contribution in [3.63, 3.8) is 0 Å². The largest absolute Gasteiger partial charge is 0.493 e. The number of fused-ring (bicyclic) bond motifs is 1. The van der Waals surface area contributed by atoms with E-state index < -0.39 is 0 Å². The number of aromatic amines is 1. The van der Waals surface area contributed by atoms with Crippen LogP contribution in [0.5, 0.6) is 5.75 Å². The molecule has 0 spiro atoms. The first-order chi connectivity index (χ1) is 10.6. The molecule has 1 aromatic heterocycles. The molecule has 0 aliphatic carbocycles. The molecule has 0 saturated carbocycles. The van der Waals surface area contributed by atoms with Gasteiger partial charge in [0.15, 0.2) is 0 Å². The number of imidazole rings is 1. The summed E-state index contributed by atoms with van der Waals surface area (Å²) < 4.78 is 5.61. The van der Waals surface area contributed by atoms with E-state index in [0.717, 1.165) is 17.4 Å². The van der Waals surface area contributed by atoms with Crippen molar-refractivity contribution in [3.05, 3.63) is 45.9 Å². The summed E-state index contributed by atoms with van der Waals surface area (Å²) in [7, 11) is 0. The Bertz CT molecular complexity index is 820. The lowest BCUT2D eigenvalue weighted by Gasteiger charge is -2.08. The third-order valence-corrected chi connectivity index (χ3v) is 3.94. The molecule has 0 saturated heterocycles. The number of aromatic nitrogens is 2. The van der Waals surface area contributed by atoms with Crippen molar-refractivity contribution >= 4 is 40.5 Å². The molecule has 0 amide bonds. The van der Waals surface area contributed by atoms with Crippen LogP contribution in [0.2, 0.25) is 10.0 Å². The van der Waals surface area contributed by atoms with Crippen molar-refractivity contribution in [2.24, 2.45) is 0 Å². The lowest BCUT2D eigenvalue weighted by molar-refractivity contribution is 0.112. The minimum atomic E-state index is 0.452. The number of ether oxygens (including phenoxy) is 1. The quantitative estimate of drug-likeness (QED) is 0.700. The Hall–Kier alpha value is -2.04. The zero-order valence-electron chi connectivity index (χ0n) is 11.7. The summed E-state index contributed by atoms with van der Waals surface area (Å²) in [5.74, 6) is 1.23. The molecule has 0 bridgehead atoms. The van der Waals surface area contributed by atoms with E-state index in [2.05, 4.69) is 9.97 Å². The third kappa shape index (κ3) is 2.67. The van der Waals surface area contributed by atoms with E-state index in [1.165, 1.54) is 0 Å². The smallest absolute Gasteiger partial charge is 0.150 e. The Labute approximate surface area is 137 Å². The first kappa shape index (κ1) is 14.9. The van der Waals surface area contributed by atoms with Gasteiger partial charge in [0.05, 0.1) is 33.2 Å². The average molecular weight is 335 g/mol. The van der Waals surface area contributed by atoms with E-state index in [1.54, 1.807) is 30.3 Å². The van der Waals surface area contributed by atoms with Gasteiger partial charge >= 0.3 is 0 Å². The fourth-order valence-electron chi connectivity index (χ4n) is 2.22. The van der Waals surface area contributed by atoms with Crippen LogP contribution in [0.4, 0.5) is 0 Å². The first-order valence-electron chi connectivity index (χ1n) is 6.69. The Morgan fingerprint density at radius 3 is 2.73 bits per heavy atom. The molecule has 22 heavy (non-hydrogen) atoms. The molecule has 4 nitrogen and oxygen atoms in total. The molecule has 2 aromatic carbocycles. The molecule has 3 rings (SSSR count). The molecule has 6 heteroatoms. The molecule has 1 N–H and O–H groups in total. The minimum Gasteiger partial charge on any atom is -0.493 e. The lowest BCUT2D eigenvalue weighted by Crippen LogP contribution is -1.96. The van der Waals surface area contributed by atoms with Crippen LogP contribution in [-0.4, -0.2) is 22.9 Å². The van der Waals surface area contributed by atoms with Gasteiger partial charge in [-0.2, -0.15) is 0 Å². The van der Waals surface area contributed by atoms with Gasteiger partial charge in [0.1, 0.15) is 17.9 Å². The second-order valence-electron chi connectivity index (χ2n) is 4.68. The molecule has 0 radical (unpaired) electrons. The number of nitrogens with zero attached hydrogens (tertiary/aromatic N) is 1. The predicted octanol–water partition coefficient (Wildman–Crippen LogP) is 4.75. The fraction of sp³-hybridized carbons (Fsp3) is 0.125. The molecule has 0 aliphatic rings. The average Bonchev–Trinajstić information content (AvgIpc) is 2.90. The van der Waals surface area contributed by atoms with Crippen LogP contribution in [-0.2, 0) is 0 Å². The van der Waals surface area contributed by atoms with E-state index in [1.807, 2.05) is 6.92 Å². The Balaban J connectivity index is 2.15. The summed E-state index contributed by atoms with van der Waals surface area (Å²) >= 11 is 12.0. The number of hydrogen-bond donors (Lipinski definition) is 1. The highest BCUT2D eigenvalue weighted by molar-refractivity contribution is 6.42. The molecule has 112 valence electrons. The van der Waals surface area contributed by atoms with Crippen LogP contribution in [0.1, 0.15) is 17.3 Å². The van der Waals surface area contributed by atoms with Crippen LogP contribution >= 0.6 is 23.2 Å². The summed E-state index contributed by atoms with van der Waals surface area (Å²) in [4.78, 5) is 18.6. The van der Waals surface area contributed by atoms with Gasteiger partial charge in [-0.25, -0.2) is 4.98 Å². The topological polar surface area (TPSA) is 55.0 Å². The number of nitrogens with one attached hydrogen (secondary N) is 1. The van der Waals surface area contributed by atoms with Crippen LogP contribution < -0.4 is 4.74 Å². The molecule has 0 atom stereocenters. The highest BCUT2D eigenvalue weighted by Gasteiger charge is 2.13. The van der Waals surface area contributed by atoms with E-state index in [0.29, 0.717) is 39.3 Å². The number of rotatable bonds is 4. The molecular weight excluding hydrogens is 323 g/mol. The second-order valence-corrected chi connectivity index (χ2v) is 5.49. The predicted molar refractivity (Wildman–Crippen MR) is 88.1 cm³/mol. The summed E-state index contributed by atoms with van der Waals surface area (Å²) in [6, 6.07) is 8.65. The number of H-pyrrole nitrogens is 1. The summed E-state index contributed by atoms with van der Waals surface area (Å²) in [6.07, 6.45) is 0.782. The standard InChI is InChI=1S/C16H12Cl2N2O2/c1-2-22-15-5-9(8-21)3-4-10(15)16-19-13-6-11(17)12(18)7-14(13)20-16/h3-8H,2H2,1H3,(H,19,20). The fourth-order valence-corrected chi connectivity index (χ4v) is 2.54. The minimum absolute atomic E-state index is 0.452. The van der Waals surface area contributed by atoms with Crippen molar-refractivity contribution in [1.82, 2.24) is 9.97 Å². The maximum atomic E-state index is 10.9. The van der Waals surface area contributed by atoms with Crippen LogP contribution in [0, 0.1) is 0 Å². The van der Waals surface area contributed by atoms with Crippen molar-refractivity contribution in [2.75, 3.05) is 6.61 Å². The highest BCUT2D eigenvalue weighted by atomic mass is 35.5. The highest BCUT2D eigenvalue weighted by Crippen LogP contribution is 2.32. The van der Waals surface area contributed by atoms with Crippen molar-refractivity contribution < 1.29 is 9.53 Å². The summed E-state index contributed by atoms with van der Waals surface area (Å²) in [5, 5.41) is 0.916. The first-order valence-corrected chi connectivity index (χ1v) is 7.45. The molecule has 0 unspecified atom stereocenters. The zero-order valence-corrected chi connectivity index (χ0v) is 13.2. The number of halogens is 2. The number of aldehydes is 1. The van der Waals surface area contributed by atoms with Gasteiger partial charge in [0.2, 0.25) is 0 Å². The second kappa shape index (κ2) is 5.99. The maximum Gasteiger partial charge on any atom is 0.150 e. The summed E-state index contributed by atoms with van der Waals surface area (Å²) in [5.41, 5.74) is 2.82. The van der Waals surface area contributed by atoms with Gasteiger partial charge in [-0.1, -0.05) is 29.3 Å².